The second-order valence-corrected chi connectivity index (χ2v) is 5.08. The van der Waals surface area contributed by atoms with Crippen LogP contribution in [0.3, 0.4) is 0 Å². The summed E-state index contributed by atoms with van der Waals surface area (Å²) in [5.41, 5.74) is 7.41. The molecule has 3 N–H and O–H groups in total. The minimum absolute atomic E-state index is 0. The molecule has 0 spiro atoms. The van der Waals surface area contributed by atoms with Crippen molar-refractivity contribution in [3.05, 3.63) is 53.1 Å². The molecule has 0 bridgehead atoms. The largest absolute Gasteiger partial charge is 0.508 e. The number of phenols is 1. The molecule has 2 aromatic carbocycles. The van der Waals surface area contributed by atoms with E-state index in [0.29, 0.717) is 21.9 Å². The van der Waals surface area contributed by atoms with Gasteiger partial charge in [0.25, 0.3) is 5.88 Å². The van der Waals surface area contributed by atoms with Crippen molar-refractivity contribution in [2.45, 2.75) is 6.04 Å². The Morgan fingerprint density at radius 3 is 2.86 bits per heavy atom. The molecular formula is C15H14Cl2N2O3. The lowest BCUT2D eigenvalue weighted by Crippen LogP contribution is -2.19. The number of hydrogen-bond donors (Lipinski definition) is 2. The second kappa shape index (κ2) is 6.87. The molecule has 1 heterocycles. The van der Waals surface area contributed by atoms with Crippen LogP contribution >= 0.6 is 24.0 Å². The predicted molar refractivity (Wildman–Crippen MR) is 86.8 cm³/mol. The molecular weight excluding hydrogens is 327 g/mol. The third kappa shape index (κ3) is 3.44. The van der Waals surface area contributed by atoms with E-state index in [1.807, 2.05) is 6.07 Å². The maximum Gasteiger partial charge on any atom is 0.262 e. The fraction of sp³-hybridized carbons (Fsp3) is 0.133. The first-order valence-corrected chi connectivity index (χ1v) is 6.73. The third-order valence-electron chi connectivity index (χ3n) is 3.10. The van der Waals surface area contributed by atoms with Crippen molar-refractivity contribution < 1.29 is 14.4 Å². The van der Waals surface area contributed by atoms with Gasteiger partial charge < -0.3 is 20.1 Å². The van der Waals surface area contributed by atoms with Gasteiger partial charge >= 0.3 is 0 Å². The highest BCUT2D eigenvalue weighted by Crippen LogP contribution is 2.28. The van der Waals surface area contributed by atoms with Gasteiger partial charge in [-0.1, -0.05) is 23.7 Å². The van der Waals surface area contributed by atoms with Gasteiger partial charge in [0.15, 0.2) is 5.58 Å². The van der Waals surface area contributed by atoms with Gasteiger partial charge in [0.1, 0.15) is 12.4 Å². The number of benzene rings is 2. The quantitative estimate of drug-likeness (QED) is 0.756. The van der Waals surface area contributed by atoms with E-state index in [2.05, 4.69) is 5.16 Å². The van der Waals surface area contributed by atoms with Gasteiger partial charge in [0.2, 0.25) is 0 Å². The van der Waals surface area contributed by atoms with Crippen molar-refractivity contribution in [2.75, 3.05) is 6.61 Å². The molecule has 0 radical (unpaired) electrons. The highest BCUT2D eigenvalue weighted by Gasteiger charge is 2.13. The Labute approximate surface area is 138 Å². The summed E-state index contributed by atoms with van der Waals surface area (Å²) in [5.74, 6) is 0.518. The molecule has 0 aliphatic carbocycles. The molecule has 0 saturated heterocycles. The van der Waals surface area contributed by atoms with Crippen LogP contribution in [0.5, 0.6) is 11.6 Å². The number of aromatic nitrogens is 1. The Balaban J connectivity index is 0.00000176. The van der Waals surface area contributed by atoms with Crippen LogP contribution in [-0.4, -0.2) is 16.9 Å². The summed E-state index contributed by atoms with van der Waals surface area (Å²) < 4.78 is 10.7. The first kappa shape index (κ1) is 16.4. The lowest BCUT2D eigenvalue weighted by molar-refractivity contribution is 0.264. The molecule has 0 saturated carbocycles. The van der Waals surface area contributed by atoms with Crippen LogP contribution in [0.15, 0.2) is 47.0 Å². The number of rotatable bonds is 4. The smallest absolute Gasteiger partial charge is 0.262 e. The van der Waals surface area contributed by atoms with Crippen molar-refractivity contribution in [3.8, 4) is 11.6 Å². The predicted octanol–water partition coefficient (Wildman–Crippen LogP) is 3.69. The van der Waals surface area contributed by atoms with Crippen molar-refractivity contribution in [3.63, 3.8) is 0 Å². The Kier molecular flexibility index (Phi) is 5.13. The van der Waals surface area contributed by atoms with Gasteiger partial charge in [-0.15, -0.1) is 12.4 Å². The van der Waals surface area contributed by atoms with E-state index in [1.54, 1.807) is 36.4 Å². The lowest BCUT2D eigenvalue weighted by atomic mass is 10.1. The van der Waals surface area contributed by atoms with Crippen molar-refractivity contribution in [2.24, 2.45) is 5.73 Å². The number of nitrogens with zero attached hydrogens (tertiary/aromatic N) is 1. The number of phenolic OH excluding ortho intramolecular Hbond substituents is 1. The summed E-state index contributed by atoms with van der Waals surface area (Å²) >= 11 is 5.95. The number of halogens is 2. The molecule has 3 rings (SSSR count). The monoisotopic (exact) mass is 340 g/mol. The highest BCUT2D eigenvalue weighted by molar-refractivity contribution is 6.31. The summed E-state index contributed by atoms with van der Waals surface area (Å²) in [6.45, 7) is 0.206. The Bertz CT molecular complexity index is 776. The van der Waals surface area contributed by atoms with Gasteiger partial charge in [-0.05, 0) is 41.1 Å². The molecule has 0 fully saturated rings. The maximum absolute atomic E-state index is 9.45. The first-order valence-electron chi connectivity index (χ1n) is 6.36. The van der Waals surface area contributed by atoms with E-state index < -0.39 is 0 Å². The van der Waals surface area contributed by atoms with Crippen LogP contribution in [0.2, 0.25) is 5.02 Å². The molecule has 0 aliphatic heterocycles. The molecule has 22 heavy (non-hydrogen) atoms. The molecule has 7 heteroatoms. The molecule has 3 aromatic rings. The molecule has 1 atom stereocenters. The maximum atomic E-state index is 9.45. The van der Waals surface area contributed by atoms with Crippen LogP contribution in [-0.2, 0) is 0 Å². The normalized spacial score (nSPS) is 11.9. The minimum Gasteiger partial charge on any atom is -0.508 e. The SMILES string of the molecule is Cl.NC(COc1noc2ccc(Cl)cc12)c1cccc(O)c1. The van der Waals surface area contributed by atoms with Crippen molar-refractivity contribution in [1.82, 2.24) is 5.16 Å². The molecule has 116 valence electrons. The number of aromatic hydroxyl groups is 1. The highest BCUT2D eigenvalue weighted by atomic mass is 35.5. The molecule has 0 amide bonds. The standard InChI is InChI=1S/C15H13ClN2O3.ClH/c16-10-4-5-14-12(7-10)15(18-21-14)20-8-13(17)9-2-1-3-11(19)6-9;/h1-7,13,19H,8,17H2;1H. The van der Waals surface area contributed by atoms with Crippen LogP contribution in [0.1, 0.15) is 11.6 Å². The van der Waals surface area contributed by atoms with Gasteiger partial charge in [-0.25, -0.2) is 0 Å². The lowest BCUT2D eigenvalue weighted by Gasteiger charge is -2.12. The van der Waals surface area contributed by atoms with Gasteiger partial charge in [0.05, 0.1) is 11.4 Å². The van der Waals surface area contributed by atoms with E-state index in [-0.39, 0.29) is 30.8 Å². The molecule has 5 nitrogen and oxygen atoms in total. The summed E-state index contributed by atoms with van der Waals surface area (Å²) in [6.07, 6.45) is 0. The first-order chi connectivity index (χ1) is 10.1. The van der Waals surface area contributed by atoms with Crippen LogP contribution < -0.4 is 10.5 Å². The molecule has 1 unspecified atom stereocenters. The second-order valence-electron chi connectivity index (χ2n) is 4.64. The topological polar surface area (TPSA) is 81.5 Å². The average molecular weight is 341 g/mol. The van der Waals surface area contributed by atoms with Gasteiger partial charge in [0, 0.05) is 5.02 Å². The van der Waals surface area contributed by atoms with Crippen LogP contribution in [0.4, 0.5) is 0 Å². The number of hydrogen-bond acceptors (Lipinski definition) is 5. The third-order valence-corrected chi connectivity index (χ3v) is 3.33. The number of ether oxygens (including phenoxy) is 1. The Morgan fingerprint density at radius 2 is 2.09 bits per heavy atom. The zero-order valence-corrected chi connectivity index (χ0v) is 13.0. The zero-order chi connectivity index (χ0) is 14.8. The molecule has 0 aliphatic rings. The number of fused-ring (bicyclic) bond motifs is 1. The van der Waals surface area contributed by atoms with Crippen molar-refractivity contribution in [1.29, 1.82) is 0 Å². The van der Waals surface area contributed by atoms with Gasteiger partial charge in [-0.2, -0.15) is 0 Å². The summed E-state index contributed by atoms with van der Waals surface area (Å²) in [7, 11) is 0. The average Bonchev–Trinajstić information content (AvgIpc) is 2.87. The Morgan fingerprint density at radius 1 is 1.27 bits per heavy atom. The van der Waals surface area contributed by atoms with E-state index in [4.69, 9.17) is 26.6 Å². The zero-order valence-electron chi connectivity index (χ0n) is 11.4. The fourth-order valence-corrected chi connectivity index (χ4v) is 2.19. The van der Waals surface area contributed by atoms with E-state index in [0.717, 1.165) is 5.56 Å². The summed E-state index contributed by atoms with van der Waals surface area (Å²) in [4.78, 5) is 0. The van der Waals surface area contributed by atoms with Crippen molar-refractivity contribution >= 4 is 35.0 Å². The number of nitrogens with two attached hydrogens (primary N) is 1. The van der Waals surface area contributed by atoms with E-state index >= 15 is 0 Å². The van der Waals surface area contributed by atoms with Crippen LogP contribution in [0.25, 0.3) is 11.0 Å². The van der Waals surface area contributed by atoms with E-state index in [1.165, 1.54) is 0 Å². The van der Waals surface area contributed by atoms with Gasteiger partial charge in [-0.3, -0.25) is 0 Å². The van der Waals surface area contributed by atoms with E-state index in [9.17, 15) is 5.11 Å². The fourth-order valence-electron chi connectivity index (χ4n) is 2.01. The summed E-state index contributed by atoms with van der Waals surface area (Å²) in [5, 5.41) is 14.6. The summed E-state index contributed by atoms with van der Waals surface area (Å²) in [6, 6.07) is 11.5. The molecule has 1 aromatic heterocycles. The van der Waals surface area contributed by atoms with Crippen LogP contribution in [0, 0.1) is 0 Å². The minimum atomic E-state index is -0.386. The Hall–Kier alpha value is -1.95.